The highest BCUT2D eigenvalue weighted by Gasteiger charge is 2.32. The number of Topliss-reactive ketones (excluding diaryl/α,β-unsaturated/α-hetero) is 1. The average molecular weight is 341 g/mol. The van der Waals surface area contributed by atoms with Crippen molar-refractivity contribution in [2.24, 2.45) is 5.92 Å². The Kier molecular flexibility index (Phi) is 3.62. The van der Waals surface area contributed by atoms with E-state index in [1.54, 1.807) is 42.5 Å². The van der Waals surface area contributed by atoms with Gasteiger partial charge in [0.1, 0.15) is 11.5 Å². The molecule has 0 aromatic heterocycles. The zero-order valence-electron chi connectivity index (χ0n) is 12.6. The van der Waals surface area contributed by atoms with E-state index in [0.717, 1.165) is 18.4 Å². The van der Waals surface area contributed by atoms with E-state index in [1.165, 1.54) is 0 Å². The maximum absolute atomic E-state index is 12.4. The lowest BCUT2D eigenvalue weighted by atomic mass is 10.1. The van der Waals surface area contributed by atoms with Crippen LogP contribution in [0.1, 0.15) is 28.8 Å². The van der Waals surface area contributed by atoms with Crippen LogP contribution in [0.3, 0.4) is 0 Å². The number of hydrogen-bond acceptors (Lipinski definition) is 4. The molecule has 2 aliphatic rings. The van der Waals surface area contributed by atoms with E-state index in [4.69, 9.17) is 21.1 Å². The van der Waals surface area contributed by atoms with Gasteiger partial charge in [-0.05, 0) is 48.7 Å². The highest BCUT2D eigenvalue weighted by atomic mass is 35.5. The van der Waals surface area contributed by atoms with E-state index in [2.05, 4.69) is 0 Å². The summed E-state index contributed by atoms with van der Waals surface area (Å²) in [5, 5.41) is 0.585. The van der Waals surface area contributed by atoms with Gasteiger partial charge in [-0.15, -0.1) is 0 Å². The predicted octanol–water partition coefficient (Wildman–Crippen LogP) is 4.27. The van der Waals surface area contributed by atoms with Crippen molar-refractivity contribution in [3.05, 3.63) is 64.4 Å². The third-order valence-corrected chi connectivity index (χ3v) is 4.15. The molecule has 0 unspecified atom stereocenters. The molecule has 1 heterocycles. The Balaban J connectivity index is 1.58. The SMILES string of the molecule is O=C1C(=Cc2cccc(Cl)c2)Oc2cc(OC(=O)C3CC3)ccc21. The summed E-state index contributed by atoms with van der Waals surface area (Å²) in [6.07, 6.45) is 3.40. The van der Waals surface area contributed by atoms with E-state index < -0.39 is 0 Å². The fourth-order valence-corrected chi connectivity index (χ4v) is 2.70. The normalized spacial score (nSPS) is 17.5. The van der Waals surface area contributed by atoms with Crippen molar-refractivity contribution >= 4 is 29.4 Å². The van der Waals surface area contributed by atoms with Gasteiger partial charge in [-0.2, -0.15) is 0 Å². The van der Waals surface area contributed by atoms with Gasteiger partial charge >= 0.3 is 5.97 Å². The molecule has 0 spiro atoms. The third-order valence-electron chi connectivity index (χ3n) is 3.92. The summed E-state index contributed by atoms with van der Waals surface area (Å²) in [7, 11) is 0. The molecule has 0 radical (unpaired) electrons. The Labute approximate surface area is 143 Å². The number of esters is 1. The van der Waals surface area contributed by atoms with Gasteiger partial charge in [0.2, 0.25) is 5.78 Å². The van der Waals surface area contributed by atoms with Crippen LogP contribution < -0.4 is 9.47 Å². The van der Waals surface area contributed by atoms with Crippen LogP contribution in [0.5, 0.6) is 11.5 Å². The van der Waals surface area contributed by atoms with Gasteiger partial charge in [-0.25, -0.2) is 0 Å². The number of hydrogen-bond donors (Lipinski definition) is 0. The number of carbonyl (C=O) groups excluding carboxylic acids is 2. The van der Waals surface area contributed by atoms with Crippen molar-refractivity contribution in [1.82, 2.24) is 0 Å². The number of halogens is 1. The highest BCUT2D eigenvalue weighted by Crippen LogP contribution is 2.36. The first kappa shape index (κ1) is 15.0. The number of carbonyl (C=O) groups is 2. The predicted molar refractivity (Wildman–Crippen MR) is 89.2 cm³/mol. The van der Waals surface area contributed by atoms with Gasteiger partial charge in [-0.3, -0.25) is 9.59 Å². The zero-order chi connectivity index (χ0) is 16.7. The van der Waals surface area contributed by atoms with Crippen molar-refractivity contribution in [2.45, 2.75) is 12.8 Å². The van der Waals surface area contributed by atoms with E-state index in [0.29, 0.717) is 22.1 Å². The Morgan fingerprint density at radius 2 is 2.04 bits per heavy atom. The van der Waals surface area contributed by atoms with Crippen molar-refractivity contribution in [1.29, 1.82) is 0 Å². The molecular formula is C19H13ClO4. The van der Waals surface area contributed by atoms with Crippen molar-refractivity contribution in [3.63, 3.8) is 0 Å². The van der Waals surface area contributed by atoms with Crippen LogP contribution in [0, 0.1) is 5.92 Å². The quantitative estimate of drug-likeness (QED) is 0.475. The van der Waals surface area contributed by atoms with Crippen LogP contribution in [-0.4, -0.2) is 11.8 Å². The molecule has 0 saturated heterocycles. The van der Waals surface area contributed by atoms with Gasteiger partial charge in [-0.1, -0.05) is 23.7 Å². The largest absolute Gasteiger partial charge is 0.452 e. The molecule has 2 aromatic rings. The lowest BCUT2D eigenvalue weighted by Crippen LogP contribution is -2.09. The molecule has 1 fully saturated rings. The summed E-state index contributed by atoms with van der Waals surface area (Å²) in [5.41, 5.74) is 1.23. The Bertz CT molecular complexity index is 881. The topological polar surface area (TPSA) is 52.6 Å². The van der Waals surface area contributed by atoms with Crippen molar-refractivity contribution < 1.29 is 19.1 Å². The zero-order valence-corrected chi connectivity index (χ0v) is 13.4. The lowest BCUT2D eigenvalue weighted by Gasteiger charge is -2.04. The summed E-state index contributed by atoms with van der Waals surface area (Å²) in [4.78, 5) is 24.1. The Morgan fingerprint density at radius 3 is 2.79 bits per heavy atom. The maximum Gasteiger partial charge on any atom is 0.314 e. The Hall–Kier alpha value is -2.59. The highest BCUT2D eigenvalue weighted by molar-refractivity contribution is 6.30. The van der Waals surface area contributed by atoms with Crippen molar-refractivity contribution in [2.75, 3.05) is 0 Å². The standard InChI is InChI=1S/C19H13ClO4/c20-13-3-1-2-11(8-13)9-17-18(21)15-7-6-14(10-16(15)24-17)23-19(22)12-4-5-12/h1-3,6-10,12H,4-5H2. The Morgan fingerprint density at radius 1 is 1.21 bits per heavy atom. The molecule has 1 saturated carbocycles. The van der Waals surface area contributed by atoms with Gasteiger partial charge < -0.3 is 9.47 Å². The molecule has 24 heavy (non-hydrogen) atoms. The second kappa shape index (κ2) is 5.80. The van der Waals surface area contributed by atoms with E-state index in [-0.39, 0.29) is 23.4 Å². The van der Waals surface area contributed by atoms with Crippen LogP contribution in [0.15, 0.2) is 48.2 Å². The van der Waals surface area contributed by atoms with Crippen molar-refractivity contribution in [3.8, 4) is 11.5 Å². The minimum Gasteiger partial charge on any atom is -0.452 e. The van der Waals surface area contributed by atoms with Crippen LogP contribution in [0.4, 0.5) is 0 Å². The van der Waals surface area contributed by atoms with Crippen LogP contribution >= 0.6 is 11.6 Å². The van der Waals surface area contributed by atoms with E-state index >= 15 is 0 Å². The molecule has 0 N–H and O–H groups in total. The second-order valence-electron chi connectivity index (χ2n) is 5.85. The van der Waals surface area contributed by atoms with E-state index in [1.807, 2.05) is 6.07 Å². The molecule has 0 amide bonds. The fraction of sp³-hybridized carbons (Fsp3) is 0.158. The number of rotatable bonds is 3. The lowest BCUT2D eigenvalue weighted by molar-refractivity contribution is -0.135. The van der Waals surface area contributed by atoms with Gasteiger partial charge in [0.05, 0.1) is 11.5 Å². The first-order chi connectivity index (χ1) is 11.6. The van der Waals surface area contributed by atoms with Crippen LogP contribution in [0.2, 0.25) is 5.02 Å². The van der Waals surface area contributed by atoms with E-state index in [9.17, 15) is 9.59 Å². The number of fused-ring (bicyclic) bond motifs is 1. The van der Waals surface area contributed by atoms with Crippen LogP contribution in [0.25, 0.3) is 6.08 Å². The number of benzene rings is 2. The van der Waals surface area contributed by atoms with Crippen LogP contribution in [-0.2, 0) is 4.79 Å². The third kappa shape index (κ3) is 2.93. The molecule has 4 rings (SSSR count). The minimum atomic E-state index is -0.228. The second-order valence-corrected chi connectivity index (χ2v) is 6.28. The number of ether oxygens (including phenoxy) is 2. The fourth-order valence-electron chi connectivity index (χ4n) is 2.50. The van der Waals surface area contributed by atoms with Gasteiger partial charge in [0, 0.05) is 11.1 Å². The molecule has 1 aliphatic carbocycles. The summed E-state index contributed by atoms with van der Waals surface area (Å²) >= 11 is 5.95. The minimum absolute atomic E-state index is 0.0130. The number of allylic oxidation sites excluding steroid dienone is 1. The molecule has 0 bridgehead atoms. The molecule has 1 aliphatic heterocycles. The summed E-state index contributed by atoms with van der Waals surface area (Å²) in [5.74, 6) is 0.591. The monoisotopic (exact) mass is 340 g/mol. The number of ketones is 1. The first-order valence-electron chi connectivity index (χ1n) is 7.66. The molecule has 5 heteroatoms. The molecule has 2 aromatic carbocycles. The molecule has 4 nitrogen and oxygen atoms in total. The molecule has 0 atom stereocenters. The summed E-state index contributed by atoms with van der Waals surface area (Å²) < 4.78 is 10.9. The molecule has 120 valence electrons. The van der Waals surface area contributed by atoms with Gasteiger partial charge in [0.25, 0.3) is 0 Å². The van der Waals surface area contributed by atoms with Gasteiger partial charge in [0.15, 0.2) is 5.76 Å². The maximum atomic E-state index is 12.4. The molecular weight excluding hydrogens is 328 g/mol. The summed E-state index contributed by atoms with van der Waals surface area (Å²) in [6, 6.07) is 12.0. The smallest absolute Gasteiger partial charge is 0.314 e. The summed E-state index contributed by atoms with van der Waals surface area (Å²) in [6.45, 7) is 0. The average Bonchev–Trinajstić information content (AvgIpc) is 3.35. The first-order valence-corrected chi connectivity index (χ1v) is 8.03.